The monoisotopic (exact) mass is 376 g/mol. The number of carbonyl (C=O) groups excluding carboxylic acids is 2. The molecular formula is C20H32N4O3. The lowest BCUT2D eigenvalue weighted by molar-refractivity contribution is -0.124. The Bertz CT molecular complexity index is 610. The van der Waals surface area contributed by atoms with Gasteiger partial charge in [0.2, 0.25) is 11.8 Å². The minimum absolute atomic E-state index is 0.0247. The van der Waals surface area contributed by atoms with Crippen LogP contribution in [0.15, 0.2) is 24.3 Å². The minimum Gasteiger partial charge on any atom is -0.497 e. The maximum Gasteiger partial charge on any atom is 0.241 e. The molecule has 0 aliphatic carbocycles. The number of carbonyl (C=O) groups is 2. The van der Waals surface area contributed by atoms with Gasteiger partial charge in [-0.2, -0.15) is 0 Å². The first-order chi connectivity index (χ1) is 12.9. The van der Waals surface area contributed by atoms with E-state index >= 15 is 0 Å². The molecule has 2 amide bonds. The smallest absolute Gasteiger partial charge is 0.241 e. The number of ether oxygens (including phenoxy) is 1. The normalized spacial score (nSPS) is 16.8. The van der Waals surface area contributed by atoms with Crippen LogP contribution in [0.5, 0.6) is 5.75 Å². The Morgan fingerprint density at radius 2 is 1.70 bits per heavy atom. The molecule has 1 aromatic carbocycles. The molecule has 1 aliphatic heterocycles. The average Bonchev–Trinajstić information content (AvgIpc) is 2.67. The van der Waals surface area contributed by atoms with E-state index in [0.717, 1.165) is 37.6 Å². The molecular weight excluding hydrogens is 344 g/mol. The van der Waals surface area contributed by atoms with E-state index < -0.39 is 0 Å². The summed E-state index contributed by atoms with van der Waals surface area (Å²) in [5, 5.41) is 5.90. The van der Waals surface area contributed by atoms with Gasteiger partial charge in [-0.15, -0.1) is 0 Å². The van der Waals surface area contributed by atoms with E-state index in [1.807, 2.05) is 31.2 Å². The third-order valence-corrected chi connectivity index (χ3v) is 4.77. The molecule has 1 atom stereocenters. The van der Waals surface area contributed by atoms with Crippen molar-refractivity contribution in [3.05, 3.63) is 24.3 Å². The Hall–Kier alpha value is -2.12. The fourth-order valence-corrected chi connectivity index (χ4v) is 2.97. The quantitative estimate of drug-likeness (QED) is 0.718. The van der Waals surface area contributed by atoms with Crippen molar-refractivity contribution < 1.29 is 14.3 Å². The zero-order chi connectivity index (χ0) is 19.8. The summed E-state index contributed by atoms with van der Waals surface area (Å²) in [6.07, 6.45) is 0. The topological polar surface area (TPSA) is 73.9 Å². The number of hydrogen-bond acceptors (Lipinski definition) is 5. The highest BCUT2D eigenvalue weighted by molar-refractivity contribution is 5.94. The molecule has 1 fully saturated rings. The Morgan fingerprint density at radius 3 is 2.26 bits per heavy atom. The largest absolute Gasteiger partial charge is 0.497 e. The van der Waals surface area contributed by atoms with E-state index in [4.69, 9.17) is 4.74 Å². The molecule has 27 heavy (non-hydrogen) atoms. The van der Waals surface area contributed by atoms with Crippen LogP contribution in [0.1, 0.15) is 20.8 Å². The van der Waals surface area contributed by atoms with Crippen molar-refractivity contribution >= 4 is 17.5 Å². The minimum atomic E-state index is -0.219. The van der Waals surface area contributed by atoms with Gasteiger partial charge in [0.15, 0.2) is 0 Å². The van der Waals surface area contributed by atoms with E-state index in [-0.39, 0.29) is 17.9 Å². The molecule has 0 bridgehead atoms. The lowest BCUT2D eigenvalue weighted by atomic mass is 10.2. The summed E-state index contributed by atoms with van der Waals surface area (Å²) < 4.78 is 5.13. The number of amides is 2. The average molecular weight is 377 g/mol. The van der Waals surface area contributed by atoms with Crippen LogP contribution in [0.2, 0.25) is 0 Å². The maximum atomic E-state index is 12.5. The number of rotatable bonds is 8. The molecule has 1 unspecified atom stereocenters. The highest BCUT2D eigenvalue weighted by Gasteiger charge is 2.26. The van der Waals surface area contributed by atoms with Crippen LogP contribution in [0.4, 0.5) is 5.69 Å². The van der Waals surface area contributed by atoms with Crippen LogP contribution in [-0.2, 0) is 9.59 Å². The highest BCUT2D eigenvalue weighted by Crippen LogP contribution is 2.16. The van der Waals surface area contributed by atoms with E-state index in [2.05, 4.69) is 34.3 Å². The van der Waals surface area contributed by atoms with Crippen molar-refractivity contribution in [2.75, 3.05) is 51.7 Å². The van der Waals surface area contributed by atoms with Crippen LogP contribution < -0.4 is 15.4 Å². The predicted molar refractivity (Wildman–Crippen MR) is 107 cm³/mol. The number of anilines is 1. The van der Waals surface area contributed by atoms with Crippen LogP contribution in [-0.4, -0.2) is 74.0 Å². The molecule has 7 nitrogen and oxygen atoms in total. The summed E-state index contributed by atoms with van der Waals surface area (Å²) in [7, 11) is 1.61. The molecule has 1 heterocycles. The van der Waals surface area contributed by atoms with Crippen LogP contribution in [0.3, 0.4) is 0 Å². The Morgan fingerprint density at radius 1 is 1.07 bits per heavy atom. The van der Waals surface area contributed by atoms with Gasteiger partial charge >= 0.3 is 0 Å². The third-order valence-electron chi connectivity index (χ3n) is 4.77. The molecule has 2 N–H and O–H groups in total. The summed E-state index contributed by atoms with van der Waals surface area (Å²) in [4.78, 5) is 28.8. The van der Waals surface area contributed by atoms with E-state index in [9.17, 15) is 9.59 Å². The zero-order valence-corrected chi connectivity index (χ0v) is 16.8. The standard InChI is InChI=1S/C20H32N4O3/c1-15(2)13-21-19(25)14-23-9-11-24(12-10-23)16(3)20(26)22-17-5-7-18(27-4)8-6-17/h5-8,15-16H,9-14H2,1-4H3,(H,21,25)(H,22,26). The van der Waals surface area contributed by atoms with Crippen molar-refractivity contribution in [3.8, 4) is 5.75 Å². The fraction of sp³-hybridized carbons (Fsp3) is 0.600. The number of benzene rings is 1. The third kappa shape index (κ3) is 6.84. The summed E-state index contributed by atoms with van der Waals surface area (Å²) in [6, 6.07) is 7.09. The fourth-order valence-electron chi connectivity index (χ4n) is 2.97. The maximum absolute atomic E-state index is 12.5. The number of hydrogen-bond donors (Lipinski definition) is 2. The second-order valence-electron chi connectivity index (χ2n) is 7.40. The van der Waals surface area contributed by atoms with Crippen molar-refractivity contribution in [2.24, 2.45) is 5.92 Å². The van der Waals surface area contributed by atoms with E-state index in [1.54, 1.807) is 7.11 Å². The number of methoxy groups -OCH3 is 1. The van der Waals surface area contributed by atoms with Crippen molar-refractivity contribution in [1.82, 2.24) is 15.1 Å². The van der Waals surface area contributed by atoms with Gasteiger partial charge < -0.3 is 15.4 Å². The van der Waals surface area contributed by atoms with Crippen molar-refractivity contribution in [3.63, 3.8) is 0 Å². The molecule has 150 valence electrons. The number of nitrogens with one attached hydrogen (secondary N) is 2. The lowest BCUT2D eigenvalue weighted by Crippen LogP contribution is -2.54. The summed E-state index contributed by atoms with van der Waals surface area (Å²) in [5.74, 6) is 1.26. The van der Waals surface area contributed by atoms with Gasteiger partial charge in [0.1, 0.15) is 5.75 Å². The van der Waals surface area contributed by atoms with Crippen LogP contribution >= 0.6 is 0 Å². The lowest BCUT2D eigenvalue weighted by Gasteiger charge is -2.37. The van der Waals surface area contributed by atoms with Gasteiger partial charge in [0, 0.05) is 38.4 Å². The Labute approximate surface area is 162 Å². The van der Waals surface area contributed by atoms with Gasteiger partial charge in [-0.25, -0.2) is 0 Å². The van der Waals surface area contributed by atoms with Gasteiger partial charge in [-0.05, 0) is 37.1 Å². The molecule has 1 saturated heterocycles. The first kappa shape index (κ1) is 21.2. The predicted octanol–water partition coefficient (Wildman–Crippen LogP) is 1.41. The zero-order valence-electron chi connectivity index (χ0n) is 16.8. The van der Waals surface area contributed by atoms with E-state index in [1.165, 1.54) is 0 Å². The van der Waals surface area contributed by atoms with E-state index in [0.29, 0.717) is 19.0 Å². The summed E-state index contributed by atoms with van der Waals surface area (Å²) in [5.41, 5.74) is 0.758. The highest BCUT2D eigenvalue weighted by atomic mass is 16.5. The summed E-state index contributed by atoms with van der Waals surface area (Å²) >= 11 is 0. The van der Waals surface area contributed by atoms with Crippen molar-refractivity contribution in [2.45, 2.75) is 26.8 Å². The van der Waals surface area contributed by atoms with Gasteiger partial charge in [0.05, 0.1) is 19.7 Å². The first-order valence-electron chi connectivity index (χ1n) is 9.57. The van der Waals surface area contributed by atoms with Gasteiger partial charge in [0.25, 0.3) is 0 Å². The second kappa shape index (κ2) is 10.3. The Kier molecular flexibility index (Phi) is 8.06. The van der Waals surface area contributed by atoms with Gasteiger partial charge in [-0.1, -0.05) is 13.8 Å². The summed E-state index contributed by atoms with van der Waals surface area (Å²) in [6.45, 7) is 10.3. The van der Waals surface area contributed by atoms with Crippen molar-refractivity contribution in [1.29, 1.82) is 0 Å². The Balaban J connectivity index is 1.75. The van der Waals surface area contributed by atoms with Crippen LogP contribution in [0.25, 0.3) is 0 Å². The molecule has 0 saturated carbocycles. The molecule has 1 aliphatic rings. The van der Waals surface area contributed by atoms with Crippen LogP contribution in [0, 0.1) is 5.92 Å². The first-order valence-corrected chi connectivity index (χ1v) is 9.57. The molecule has 0 spiro atoms. The second-order valence-corrected chi connectivity index (χ2v) is 7.40. The molecule has 0 radical (unpaired) electrons. The number of piperazine rings is 1. The number of nitrogens with zero attached hydrogens (tertiary/aromatic N) is 2. The molecule has 2 rings (SSSR count). The molecule has 1 aromatic rings. The van der Waals surface area contributed by atoms with Gasteiger partial charge in [-0.3, -0.25) is 19.4 Å². The molecule has 7 heteroatoms. The SMILES string of the molecule is COc1ccc(NC(=O)C(C)N2CCN(CC(=O)NCC(C)C)CC2)cc1. The molecule has 0 aromatic heterocycles.